The first-order chi connectivity index (χ1) is 16.2. The molecular weight excluding hydrogens is 414 g/mol. The van der Waals surface area contributed by atoms with Crippen LogP contribution in [0, 0.1) is 0 Å². The van der Waals surface area contributed by atoms with E-state index in [2.05, 4.69) is 16.0 Å². The Morgan fingerprint density at radius 3 is 2.42 bits per heavy atom. The van der Waals surface area contributed by atoms with Crippen LogP contribution in [0.2, 0.25) is 0 Å². The quantitative estimate of drug-likeness (QED) is 0.430. The molecule has 1 saturated heterocycles. The number of rotatable bonds is 3. The molecule has 1 aliphatic heterocycles. The Balaban J connectivity index is 1.46. The monoisotopic (exact) mass is 437 g/mol. The van der Waals surface area contributed by atoms with Gasteiger partial charge < -0.3 is 9.64 Å². The Morgan fingerprint density at radius 2 is 1.67 bits per heavy atom. The lowest BCUT2D eigenvalue weighted by Gasteiger charge is -2.27. The van der Waals surface area contributed by atoms with E-state index in [0.29, 0.717) is 5.39 Å². The molecule has 2 aromatic carbocycles. The molecule has 7 heteroatoms. The summed E-state index contributed by atoms with van der Waals surface area (Å²) in [6.45, 7) is 3.17. The largest absolute Gasteiger partial charge is 0.378 e. The highest BCUT2D eigenvalue weighted by molar-refractivity contribution is 5.86. The number of nitrogens with zero attached hydrogens (tertiary/aromatic N) is 5. The van der Waals surface area contributed by atoms with E-state index in [9.17, 15) is 4.79 Å². The second-order valence-electron chi connectivity index (χ2n) is 8.27. The van der Waals surface area contributed by atoms with Gasteiger partial charge in [-0.05, 0) is 29.8 Å². The number of anilines is 1. The van der Waals surface area contributed by atoms with Crippen molar-refractivity contribution < 1.29 is 4.74 Å². The zero-order valence-corrected chi connectivity index (χ0v) is 18.3. The van der Waals surface area contributed by atoms with Crippen LogP contribution in [0.1, 0.15) is 0 Å². The van der Waals surface area contributed by atoms with E-state index in [-0.39, 0.29) is 5.56 Å². The number of morpholine rings is 1. The number of hydrogen-bond acceptors (Lipinski definition) is 5. The van der Waals surface area contributed by atoms with Crippen LogP contribution in [0.5, 0.6) is 0 Å². The van der Waals surface area contributed by atoms with Crippen LogP contribution >= 0.6 is 0 Å². The smallest absolute Gasteiger partial charge is 0.261 e. The average Bonchev–Trinajstić information content (AvgIpc) is 3.34. The van der Waals surface area contributed by atoms with Gasteiger partial charge in [-0.15, -0.1) is 0 Å². The van der Waals surface area contributed by atoms with Crippen molar-refractivity contribution in [2.75, 3.05) is 31.2 Å². The van der Waals surface area contributed by atoms with E-state index < -0.39 is 0 Å². The lowest BCUT2D eigenvalue weighted by Crippen LogP contribution is -2.36. The summed E-state index contributed by atoms with van der Waals surface area (Å²) in [5, 5.41) is 5.48. The van der Waals surface area contributed by atoms with Crippen molar-refractivity contribution in [3.8, 4) is 22.4 Å². The summed E-state index contributed by atoms with van der Waals surface area (Å²) < 4.78 is 8.95. The van der Waals surface area contributed by atoms with Crippen LogP contribution < -0.4 is 10.5 Å². The van der Waals surface area contributed by atoms with Crippen molar-refractivity contribution in [3.05, 3.63) is 83.3 Å². The molecule has 164 valence electrons. The van der Waals surface area contributed by atoms with Gasteiger partial charge in [-0.3, -0.25) is 9.36 Å². The maximum absolute atomic E-state index is 13.0. The molecule has 3 aromatic heterocycles. The van der Waals surface area contributed by atoms with Crippen molar-refractivity contribution in [1.82, 2.24) is 19.2 Å². The first-order valence-corrected chi connectivity index (χ1v) is 11.1. The molecule has 0 saturated carbocycles. The SMILES string of the molecule is Cn1c(=O)c2ccc(-c3ccc(N4CCOCC4)nc3)cc2n2nc(-c3ccccc3)cc12. The predicted octanol–water partition coefficient (Wildman–Crippen LogP) is 3.75. The second-order valence-corrected chi connectivity index (χ2v) is 8.27. The van der Waals surface area contributed by atoms with Crippen LogP contribution in [-0.2, 0) is 11.8 Å². The Hall–Kier alpha value is -3.97. The molecule has 0 unspecified atom stereocenters. The van der Waals surface area contributed by atoms with Gasteiger partial charge in [0, 0.05) is 43.5 Å². The Labute approximate surface area is 190 Å². The van der Waals surface area contributed by atoms with Gasteiger partial charge in [-0.2, -0.15) is 5.10 Å². The molecule has 0 amide bonds. The van der Waals surface area contributed by atoms with Gasteiger partial charge in [-0.25, -0.2) is 9.50 Å². The highest BCUT2D eigenvalue weighted by atomic mass is 16.5. The normalized spacial score (nSPS) is 14.3. The zero-order chi connectivity index (χ0) is 22.4. The van der Waals surface area contributed by atoms with Crippen LogP contribution in [0.15, 0.2) is 77.7 Å². The molecule has 0 radical (unpaired) electrons. The van der Waals surface area contributed by atoms with Crippen LogP contribution in [-0.4, -0.2) is 45.5 Å². The van der Waals surface area contributed by atoms with Crippen molar-refractivity contribution in [1.29, 1.82) is 0 Å². The molecule has 1 fully saturated rings. The maximum Gasteiger partial charge on any atom is 0.261 e. The molecule has 0 atom stereocenters. The summed E-state index contributed by atoms with van der Waals surface area (Å²) in [6.07, 6.45) is 1.89. The predicted molar refractivity (Wildman–Crippen MR) is 130 cm³/mol. The topological polar surface area (TPSA) is 64.7 Å². The maximum atomic E-state index is 13.0. The van der Waals surface area contributed by atoms with Crippen molar-refractivity contribution >= 4 is 22.4 Å². The molecule has 5 aromatic rings. The first-order valence-electron chi connectivity index (χ1n) is 11.1. The lowest BCUT2D eigenvalue weighted by atomic mass is 10.1. The number of aryl methyl sites for hydroxylation is 1. The Kier molecular flexibility index (Phi) is 4.69. The number of aromatic nitrogens is 4. The summed E-state index contributed by atoms with van der Waals surface area (Å²) in [4.78, 5) is 20.0. The first kappa shape index (κ1) is 19.7. The highest BCUT2D eigenvalue weighted by Crippen LogP contribution is 2.26. The van der Waals surface area contributed by atoms with Gasteiger partial charge in [0.25, 0.3) is 5.56 Å². The molecule has 1 aliphatic rings. The molecule has 6 rings (SSSR count). The third kappa shape index (κ3) is 3.37. The summed E-state index contributed by atoms with van der Waals surface area (Å²) in [7, 11) is 1.79. The molecule has 0 spiro atoms. The standard InChI is InChI=1S/C26H23N5O2/c1-29-25-16-22(18-5-3-2-4-6-18)28-31(25)23-15-19(7-9-21(23)26(29)32)20-8-10-24(27-17-20)30-11-13-33-14-12-30/h2-10,15-17H,11-14H2,1H3. The fourth-order valence-electron chi connectivity index (χ4n) is 4.43. The summed E-state index contributed by atoms with van der Waals surface area (Å²) in [5.74, 6) is 0.957. The average molecular weight is 438 g/mol. The van der Waals surface area contributed by atoms with E-state index in [0.717, 1.165) is 65.7 Å². The molecule has 0 aliphatic carbocycles. The fraction of sp³-hybridized carbons (Fsp3) is 0.192. The third-order valence-corrected chi connectivity index (χ3v) is 6.28. The van der Waals surface area contributed by atoms with Gasteiger partial charge in [0.05, 0.1) is 29.8 Å². The van der Waals surface area contributed by atoms with Gasteiger partial charge in [0.15, 0.2) is 0 Å². The van der Waals surface area contributed by atoms with Gasteiger partial charge in [-0.1, -0.05) is 36.4 Å². The van der Waals surface area contributed by atoms with Gasteiger partial charge in [0.1, 0.15) is 11.5 Å². The van der Waals surface area contributed by atoms with E-state index in [1.165, 1.54) is 0 Å². The number of fused-ring (bicyclic) bond motifs is 3. The molecule has 7 nitrogen and oxygen atoms in total. The van der Waals surface area contributed by atoms with Crippen molar-refractivity contribution in [3.63, 3.8) is 0 Å². The van der Waals surface area contributed by atoms with E-state index in [1.54, 1.807) is 11.6 Å². The van der Waals surface area contributed by atoms with Crippen LogP contribution in [0.25, 0.3) is 38.9 Å². The van der Waals surface area contributed by atoms with Crippen LogP contribution in [0.4, 0.5) is 5.82 Å². The Bertz CT molecular complexity index is 1510. The van der Waals surface area contributed by atoms with Crippen molar-refractivity contribution in [2.24, 2.45) is 7.05 Å². The fourth-order valence-corrected chi connectivity index (χ4v) is 4.43. The third-order valence-electron chi connectivity index (χ3n) is 6.28. The minimum atomic E-state index is -0.0376. The van der Waals surface area contributed by atoms with E-state index in [4.69, 9.17) is 9.84 Å². The number of ether oxygens (including phenoxy) is 1. The summed E-state index contributed by atoms with van der Waals surface area (Å²) in [5.41, 5.74) is 5.34. The Morgan fingerprint density at radius 1 is 0.879 bits per heavy atom. The van der Waals surface area contributed by atoms with Crippen molar-refractivity contribution in [2.45, 2.75) is 0 Å². The van der Waals surface area contributed by atoms with Gasteiger partial charge in [0.2, 0.25) is 0 Å². The highest BCUT2D eigenvalue weighted by Gasteiger charge is 2.15. The molecule has 0 bridgehead atoms. The van der Waals surface area contributed by atoms with E-state index >= 15 is 0 Å². The molecule has 0 N–H and O–H groups in total. The second kappa shape index (κ2) is 7.86. The molecule has 33 heavy (non-hydrogen) atoms. The minimum Gasteiger partial charge on any atom is -0.378 e. The number of hydrogen-bond donors (Lipinski definition) is 0. The van der Waals surface area contributed by atoms with E-state index in [1.807, 2.05) is 71.4 Å². The molecule has 4 heterocycles. The lowest BCUT2D eigenvalue weighted by molar-refractivity contribution is 0.122. The number of benzene rings is 2. The summed E-state index contributed by atoms with van der Waals surface area (Å²) >= 11 is 0. The zero-order valence-electron chi connectivity index (χ0n) is 18.3. The number of pyridine rings is 1. The minimum absolute atomic E-state index is 0.0376. The summed E-state index contributed by atoms with van der Waals surface area (Å²) in [6, 6.07) is 22.0. The van der Waals surface area contributed by atoms with Crippen LogP contribution in [0.3, 0.4) is 0 Å². The van der Waals surface area contributed by atoms with Gasteiger partial charge >= 0.3 is 0 Å². The molecular formula is C26H23N5O2.